The quantitative estimate of drug-likeness (QED) is 0.285. The highest BCUT2D eigenvalue weighted by Crippen LogP contribution is 2.31. The van der Waals surface area contributed by atoms with Gasteiger partial charge in [-0.2, -0.15) is 0 Å². The zero-order valence-electron chi connectivity index (χ0n) is 21.5. The van der Waals surface area contributed by atoms with E-state index in [0.29, 0.717) is 17.7 Å². The van der Waals surface area contributed by atoms with Crippen LogP contribution < -0.4 is 4.74 Å². The molecule has 2 aromatic heterocycles. The van der Waals surface area contributed by atoms with Gasteiger partial charge in [-0.05, 0) is 79.9 Å². The monoisotopic (exact) mass is 512 g/mol. The van der Waals surface area contributed by atoms with Gasteiger partial charge in [0.05, 0.1) is 26.3 Å². The van der Waals surface area contributed by atoms with E-state index in [4.69, 9.17) is 9.72 Å². The van der Waals surface area contributed by atoms with Crippen molar-refractivity contribution in [2.45, 2.75) is 27.2 Å². The molecule has 0 aliphatic carbocycles. The van der Waals surface area contributed by atoms with Crippen LogP contribution in [0.4, 0.5) is 0 Å². The highest BCUT2D eigenvalue weighted by atomic mass is 32.1. The second-order valence-electron chi connectivity index (χ2n) is 9.46. The molecule has 0 fully saturated rings. The number of H-pyrrole nitrogens is 1. The number of fused-ring (bicyclic) bond motifs is 2. The standard InChI is InChI=1S/C29H28N4O3S/c1-16-10-21(36-15-27(35)33(4)5)11-17(2)28(16)29-31-22-8-7-20(14-23(22)32-29)25(34)13-19-6-9-26-24(12-19)30-18(3)37-26/h6-12,14H,13,15H2,1-5H3,(H,31,32). The van der Waals surface area contributed by atoms with Crippen LogP contribution in [0.5, 0.6) is 5.75 Å². The Bertz CT molecular complexity index is 1640. The summed E-state index contributed by atoms with van der Waals surface area (Å²) in [5.74, 6) is 1.32. The molecule has 1 amide bonds. The highest BCUT2D eigenvalue weighted by molar-refractivity contribution is 7.18. The molecule has 8 heteroatoms. The third-order valence-corrected chi connectivity index (χ3v) is 7.28. The first-order valence-electron chi connectivity index (χ1n) is 12.0. The number of imidazole rings is 1. The summed E-state index contributed by atoms with van der Waals surface area (Å²) < 4.78 is 6.83. The van der Waals surface area contributed by atoms with Gasteiger partial charge in [0.25, 0.3) is 5.91 Å². The number of amides is 1. The van der Waals surface area contributed by atoms with Crippen molar-refractivity contribution < 1.29 is 14.3 Å². The lowest BCUT2D eigenvalue weighted by atomic mass is 10.0. The Morgan fingerprint density at radius 3 is 2.43 bits per heavy atom. The second-order valence-corrected chi connectivity index (χ2v) is 10.7. The minimum atomic E-state index is -0.0965. The first-order valence-corrected chi connectivity index (χ1v) is 12.8. The Hall–Kier alpha value is -4.04. The summed E-state index contributed by atoms with van der Waals surface area (Å²) >= 11 is 1.66. The van der Waals surface area contributed by atoms with Crippen LogP contribution in [-0.4, -0.2) is 52.2 Å². The molecule has 0 bridgehead atoms. The third kappa shape index (κ3) is 5.11. The van der Waals surface area contributed by atoms with E-state index in [-0.39, 0.29) is 18.3 Å². The number of benzene rings is 3. The summed E-state index contributed by atoms with van der Waals surface area (Å²) in [6, 6.07) is 15.4. The van der Waals surface area contributed by atoms with E-state index in [0.717, 1.165) is 54.3 Å². The Kier molecular flexibility index (Phi) is 6.52. The first kappa shape index (κ1) is 24.6. The van der Waals surface area contributed by atoms with Crippen molar-refractivity contribution in [3.63, 3.8) is 0 Å². The number of carbonyl (C=O) groups excluding carboxylic acids is 2. The van der Waals surface area contributed by atoms with Crippen LogP contribution in [0.2, 0.25) is 0 Å². The average molecular weight is 513 g/mol. The number of hydrogen-bond acceptors (Lipinski definition) is 6. The molecule has 2 heterocycles. The van der Waals surface area contributed by atoms with Crippen molar-refractivity contribution >= 4 is 44.3 Å². The van der Waals surface area contributed by atoms with Crippen molar-refractivity contribution in [2.75, 3.05) is 20.7 Å². The molecule has 37 heavy (non-hydrogen) atoms. The molecule has 5 aromatic rings. The summed E-state index contributed by atoms with van der Waals surface area (Å²) in [5.41, 5.74) is 7.07. The van der Waals surface area contributed by atoms with Crippen molar-refractivity contribution in [3.05, 3.63) is 75.8 Å². The maximum Gasteiger partial charge on any atom is 0.259 e. The minimum Gasteiger partial charge on any atom is -0.484 e. The molecule has 0 radical (unpaired) electrons. The topological polar surface area (TPSA) is 88.2 Å². The van der Waals surface area contributed by atoms with Gasteiger partial charge in [-0.1, -0.05) is 6.07 Å². The number of ether oxygens (including phenoxy) is 1. The average Bonchev–Trinajstić information content (AvgIpc) is 3.43. The van der Waals surface area contributed by atoms with Crippen molar-refractivity contribution in [1.82, 2.24) is 19.9 Å². The van der Waals surface area contributed by atoms with E-state index in [1.165, 1.54) is 4.90 Å². The molecule has 7 nitrogen and oxygen atoms in total. The van der Waals surface area contributed by atoms with Gasteiger partial charge in [0.2, 0.25) is 0 Å². The van der Waals surface area contributed by atoms with Gasteiger partial charge in [-0.15, -0.1) is 11.3 Å². The predicted octanol–water partition coefficient (Wildman–Crippen LogP) is 5.66. The van der Waals surface area contributed by atoms with Gasteiger partial charge >= 0.3 is 0 Å². The fraction of sp³-hybridized carbons (Fsp3) is 0.241. The molecule has 188 valence electrons. The van der Waals surface area contributed by atoms with Crippen LogP contribution in [0.3, 0.4) is 0 Å². The largest absolute Gasteiger partial charge is 0.484 e. The molecule has 0 spiro atoms. The van der Waals surface area contributed by atoms with E-state index in [1.54, 1.807) is 25.4 Å². The van der Waals surface area contributed by atoms with Gasteiger partial charge in [0.1, 0.15) is 11.6 Å². The number of aryl methyl sites for hydroxylation is 3. The zero-order chi connectivity index (χ0) is 26.3. The molecule has 0 saturated carbocycles. The third-order valence-electron chi connectivity index (χ3n) is 6.33. The first-order chi connectivity index (χ1) is 17.7. The number of nitrogens with one attached hydrogen (secondary N) is 1. The summed E-state index contributed by atoms with van der Waals surface area (Å²) in [4.78, 5) is 39.2. The summed E-state index contributed by atoms with van der Waals surface area (Å²) in [6.45, 7) is 5.96. The van der Waals surface area contributed by atoms with Crippen LogP contribution in [-0.2, 0) is 11.2 Å². The maximum atomic E-state index is 13.1. The number of aromatic amines is 1. The SMILES string of the molecule is Cc1nc2cc(CC(=O)c3ccc4nc(-c5c(C)cc(OCC(=O)N(C)C)cc5C)[nH]c4c3)ccc2s1. The molecule has 0 saturated heterocycles. The lowest BCUT2D eigenvalue weighted by Gasteiger charge is -2.14. The fourth-order valence-corrected chi connectivity index (χ4v) is 5.25. The van der Waals surface area contributed by atoms with Crippen LogP contribution in [0.25, 0.3) is 32.6 Å². The van der Waals surface area contributed by atoms with Gasteiger partial charge in [-0.25, -0.2) is 9.97 Å². The number of hydrogen-bond donors (Lipinski definition) is 1. The molecular weight excluding hydrogens is 484 g/mol. The highest BCUT2D eigenvalue weighted by Gasteiger charge is 2.16. The Morgan fingerprint density at radius 1 is 0.946 bits per heavy atom. The normalized spacial score (nSPS) is 11.3. The lowest BCUT2D eigenvalue weighted by Crippen LogP contribution is -2.27. The van der Waals surface area contributed by atoms with Crippen LogP contribution in [0.1, 0.15) is 32.1 Å². The molecular formula is C29H28N4O3S. The Balaban J connectivity index is 1.37. The molecule has 0 aliphatic rings. The number of carbonyl (C=O) groups is 2. The molecule has 0 unspecified atom stereocenters. The lowest BCUT2D eigenvalue weighted by molar-refractivity contribution is -0.130. The number of thiazole rings is 1. The minimum absolute atomic E-state index is 0.00998. The zero-order valence-corrected chi connectivity index (χ0v) is 22.3. The molecule has 0 aliphatic heterocycles. The number of nitrogens with zero attached hydrogens (tertiary/aromatic N) is 3. The van der Waals surface area contributed by atoms with Gasteiger partial charge in [0.15, 0.2) is 12.4 Å². The van der Waals surface area contributed by atoms with Gasteiger partial charge in [0, 0.05) is 31.6 Å². The smallest absolute Gasteiger partial charge is 0.259 e. The van der Waals surface area contributed by atoms with Crippen molar-refractivity contribution in [3.8, 4) is 17.1 Å². The molecule has 1 N–H and O–H groups in total. The summed E-state index contributed by atoms with van der Waals surface area (Å²) in [7, 11) is 3.40. The van der Waals surface area contributed by atoms with Crippen LogP contribution >= 0.6 is 11.3 Å². The fourth-order valence-electron chi connectivity index (χ4n) is 4.44. The molecule has 5 rings (SSSR count). The maximum absolute atomic E-state index is 13.1. The number of likely N-dealkylation sites (N-methyl/N-ethyl adjacent to an activating group) is 1. The van der Waals surface area contributed by atoms with Crippen LogP contribution in [0.15, 0.2) is 48.5 Å². The van der Waals surface area contributed by atoms with E-state index >= 15 is 0 Å². The molecule has 0 atom stereocenters. The van der Waals surface area contributed by atoms with Gasteiger partial charge in [-0.3, -0.25) is 9.59 Å². The summed E-state index contributed by atoms with van der Waals surface area (Å²) in [5, 5.41) is 1.02. The van der Waals surface area contributed by atoms with E-state index < -0.39 is 0 Å². The molecule has 3 aromatic carbocycles. The van der Waals surface area contributed by atoms with Gasteiger partial charge < -0.3 is 14.6 Å². The number of aromatic nitrogens is 3. The number of rotatable bonds is 7. The number of Topliss-reactive ketones (excluding diaryl/α,β-unsaturated/α-hetero) is 1. The second kappa shape index (κ2) is 9.78. The Labute approximate surface area is 219 Å². The van der Waals surface area contributed by atoms with Crippen molar-refractivity contribution in [2.24, 2.45) is 0 Å². The summed E-state index contributed by atoms with van der Waals surface area (Å²) in [6.07, 6.45) is 0.315. The number of ketones is 1. The van der Waals surface area contributed by atoms with Crippen LogP contribution in [0, 0.1) is 20.8 Å². The Morgan fingerprint density at radius 2 is 1.70 bits per heavy atom. The van der Waals surface area contributed by atoms with E-state index in [1.807, 2.05) is 69.3 Å². The van der Waals surface area contributed by atoms with E-state index in [2.05, 4.69) is 9.97 Å². The van der Waals surface area contributed by atoms with E-state index in [9.17, 15) is 9.59 Å². The van der Waals surface area contributed by atoms with Crippen molar-refractivity contribution in [1.29, 1.82) is 0 Å². The predicted molar refractivity (Wildman–Crippen MR) is 148 cm³/mol.